The molecule has 1 aliphatic carbocycles. The topological polar surface area (TPSA) is 0 Å². The Balaban J connectivity index is 1.88. The summed E-state index contributed by atoms with van der Waals surface area (Å²) in [4.78, 5) is 0. The zero-order chi connectivity index (χ0) is 17.3. The third-order valence-electron chi connectivity index (χ3n) is 6.08. The highest BCUT2D eigenvalue weighted by Gasteiger charge is 2.30. The van der Waals surface area contributed by atoms with Crippen LogP contribution < -0.4 is 0 Å². The van der Waals surface area contributed by atoms with Crippen LogP contribution in [0.1, 0.15) is 24.0 Å². The first-order valence-electron chi connectivity index (χ1n) is 9.30. The van der Waals surface area contributed by atoms with E-state index in [4.69, 9.17) is 0 Å². The summed E-state index contributed by atoms with van der Waals surface area (Å²) >= 11 is 0. The smallest absolute Gasteiger partial charge is 0.00858 e. The van der Waals surface area contributed by atoms with Crippen LogP contribution in [0.25, 0.3) is 43.4 Å². The molecule has 26 heavy (non-hydrogen) atoms. The number of rotatable bonds is 0. The van der Waals surface area contributed by atoms with Gasteiger partial charge in [-0.25, -0.2) is 0 Å². The number of fused-ring (bicyclic) bond motifs is 10. The third-order valence-corrected chi connectivity index (χ3v) is 6.08. The van der Waals surface area contributed by atoms with Gasteiger partial charge in [-0.3, -0.25) is 0 Å². The summed E-state index contributed by atoms with van der Waals surface area (Å²) in [5.74, 6) is 0.403. The summed E-state index contributed by atoms with van der Waals surface area (Å²) in [5.41, 5.74) is 5.82. The van der Waals surface area contributed by atoms with E-state index in [-0.39, 0.29) is 0 Å². The van der Waals surface area contributed by atoms with Crippen LogP contribution in [0.4, 0.5) is 0 Å². The molecule has 0 nitrogen and oxygen atoms in total. The van der Waals surface area contributed by atoms with Crippen molar-refractivity contribution in [3.63, 3.8) is 0 Å². The van der Waals surface area contributed by atoms with Crippen molar-refractivity contribution in [1.82, 2.24) is 0 Å². The molecule has 122 valence electrons. The Morgan fingerprint density at radius 2 is 1.08 bits per heavy atom. The summed E-state index contributed by atoms with van der Waals surface area (Å²) in [6.45, 7) is 2.37. The molecule has 1 aliphatic rings. The molecule has 0 radical (unpaired) electrons. The number of benzene rings is 5. The molecule has 0 bridgehead atoms. The normalized spacial score (nSPS) is 15.5. The minimum absolute atomic E-state index is 0.403. The zero-order valence-electron chi connectivity index (χ0n) is 14.7. The van der Waals surface area contributed by atoms with E-state index in [1.165, 1.54) is 54.6 Å². The molecule has 0 aliphatic heterocycles. The Kier molecular flexibility index (Phi) is 2.69. The molecule has 1 unspecified atom stereocenters. The van der Waals surface area contributed by atoms with Gasteiger partial charge in [0.05, 0.1) is 0 Å². The quantitative estimate of drug-likeness (QED) is 0.262. The lowest BCUT2D eigenvalue weighted by Crippen LogP contribution is -1.93. The fourth-order valence-corrected chi connectivity index (χ4v) is 5.03. The molecule has 6 rings (SSSR count). The molecule has 0 N–H and O–H groups in total. The lowest BCUT2D eigenvalue weighted by atomic mass is 9.89. The van der Waals surface area contributed by atoms with Crippen LogP contribution in [0.2, 0.25) is 0 Å². The van der Waals surface area contributed by atoms with E-state index in [9.17, 15) is 0 Å². The molecule has 5 aromatic rings. The van der Waals surface area contributed by atoms with E-state index in [0.29, 0.717) is 5.92 Å². The van der Waals surface area contributed by atoms with Crippen molar-refractivity contribution in [1.29, 1.82) is 0 Å². The SMILES string of the molecule is CC1c2c(ccc3ccccc23)-c2c1c1ccccc1c1ccccc21. The molecular weight excluding hydrogens is 312 g/mol. The van der Waals surface area contributed by atoms with E-state index in [1.807, 2.05) is 0 Å². The molecule has 0 heteroatoms. The molecule has 1 atom stereocenters. The fraction of sp³-hybridized carbons (Fsp3) is 0.0769. The molecular formula is C26H18. The first-order chi connectivity index (χ1) is 12.8. The standard InChI is InChI=1S/C26H18/c1-16-24-18-9-3-2-8-17(18)14-15-23(24)26-22-13-7-5-11-20(22)19-10-4-6-12-21(19)25(16)26/h2-16H,1H3. The van der Waals surface area contributed by atoms with Crippen molar-refractivity contribution in [2.45, 2.75) is 12.8 Å². The Hall–Kier alpha value is -3.12. The van der Waals surface area contributed by atoms with Gasteiger partial charge in [0.1, 0.15) is 0 Å². The molecule has 0 saturated carbocycles. The van der Waals surface area contributed by atoms with Crippen LogP contribution in [-0.4, -0.2) is 0 Å². The maximum atomic E-state index is 2.37. The summed E-state index contributed by atoms with van der Waals surface area (Å²) in [5, 5.41) is 8.22. The molecule has 0 saturated heterocycles. The van der Waals surface area contributed by atoms with E-state index in [2.05, 4.69) is 91.9 Å². The Morgan fingerprint density at radius 3 is 1.85 bits per heavy atom. The monoisotopic (exact) mass is 330 g/mol. The molecule has 5 aromatic carbocycles. The Bertz CT molecular complexity index is 1340. The summed E-state index contributed by atoms with van der Waals surface area (Å²) in [6.07, 6.45) is 0. The van der Waals surface area contributed by atoms with E-state index >= 15 is 0 Å². The van der Waals surface area contributed by atoms with Gasteiger partial charge in [0.15, 0.2) is 0 Å². The predicted molar refractivity (Wildman–Crippen MR) is 112 cm³/mol. The lowest BCUT2D eigenvalue weighted by Gasteiger charge is -2.14. The minimum Gasteiger partial charge on any atom is -0.0616 e. The van der Waals surface area contributed by atoms with Gasteiger partial charge in [-0.15, -0.1) is 0 Å². The second kappa shape index (κ2) is 4.95. The van der Waals surface area contributed by atoms with Crippen LogP contribution in [0.15, 0.2) is 84.9 Å². The van der Waals surface area contributed by atoms with E-state index in [1.54, 1.807) is 0 Å². The van der Waals surface area contributed by atoms with Gasteiger partial charge in [0.2, 0.25) is 0 Å². The predicted octanol–water partition coefficient (Wildman–Crippen LogP) is 7.28. The van der Waals surface area contributed by atoms with Crippen molar-refractivity contribution in [3.8, 4) is 11.1 Å². The molecule has 0 amide bonds. The maximum absolute atomic E-state index is 2.37. The Labute approximate surface area is 152 Å². The van der Waals surface area contributed by atoms with Crippen LogP contribution >= 0.6 is 0 Å². The van der Waals surface area contributed by atoms with Gasteiger partial charge in [0.25, 0.3) is 0 Å². The average Bonchev–Trinajstić information content (AvgIpc) is 3.02. The maximum Gasteiger partial charge on any atom is 0.00858 e. The summed E-state index contributed by atoms with van der Waals surface area (Å²) < 4.78 is 0. The molecule has 0 heterocycles. The first kappa shape index (κ1) is 14.1. The summed E-state index contributed by atoms with van der Waals surface area (Å²) in [6, 6.07) is 31.2. The molecule has 0 spiro atoms. The minimum atomic E-state index is 0.403. The van der Waals surface area contributed by atoms with E-state index < -0.39 is 0 Å². The highest BCUT2D eigenvalue weighted by molar-refractivity contribution is 6.18. The molecule has 0 aromatic heterocycles. The zero-order valence-corrected chi connectivity index (χ0v) is 14.7. The van der Waals surface area contributed by atoms with Gasteiger partial charge < -0.3 is 0 Å². The van der Waals surface area contributed by atoms with Crippen molar-refractivity contribution >= 4 is 32.3 Å². The first-order valence-corrected chi connectivity index (χ1v) is 9.30. The largest absolute Gasteiger partial charge is 0.0616 e. The van der Waals surface area contributed by atoms with Crippen molar-refractivity contribution in [3.05, 3.63) is 96.1 Å². The van der Waals surface area contributed by atoms with Gasteiger partial charge in [-0.2, -0.15) is 0 Å². The van der Waals surface area contributed by atoms with Gasteiger partial charge >= 0.3 is 0 Å². The highest BCUT2D eigenvalue weighted by Crippen LogP contribution is 2.53. The lowest BCUT2D eigenvalue weighted by molar-refractivity contribution is 0.978. The van der Waals surface area contributed by atoms with Crippen molar-refractivity contribution in [2.75, 3.05) is 0 Å². The number of hydrogen-bond acceptors (Lipinski definition) is 0. The van der Waals surface area contributed by atoms with Crippen LogP contribution in [0, 0.1) is 0 Å². The Morgan fingerprint density at radius 1 is 0.500 bits per heavy atom. The van der Waals surface area contributed by atoms with Crippen molar-refractivity contribution < 1.29 is 0 Å². The van der Waals surface area contributed by atoms with Crippen LogP contribution in [0.5, 0.6) is 0 Å². The van der Waals surface area contributed by atoms with Crippen molar-refractivity contribution in [2.24, 2.45) is 0 Å². The summed E-state index contributed by atoms with van der Waals surface area (Å²) in [7, 11) is 0. The van der Waals surface area contributed by atoms with Gasteiger partial charge in [0, 0.05) is 5.92 Å². The van der Waals surface area contributed by atoms with Gasteiger partial charge in [-0.1, -0.05) is 91.9 Å². The van der Waals surface area contributed by atoms with Crippen LogP contribution in [0.3, 0.4) is 0 Å². The van der Waals surface area contributed by atoms with E-state index in [0.717, 1.165) is 0 Å². The molecule has 0 fully saturated rings. The second-order valence-electron chi connectivity index (χ2n) is 7.35. The van der Waals surface area contributed by atoms with Crippen LogP contribution in [-0.2, 0) is 0 Å². The number of hydrogen-bond donors (Lipinski definition) is 0. The third kappa shape index (κ3) is 1.64. The fourth-order valence-electron chi connectivity index (χ4n) is 5.03. The highest BCUT2D eigenvalue weighted by atomic mass is 14.3. The van der Waals surface area contributed by atoms with Gasteiger partial charge in [-0.05, 0) is 54.6 Å². The second-order valence-corrected chi connectivity index (χ2v) is 7.35. The average molecular weight is 330 g/mol.